The maximum Gasteiger partial charge on any atom is 0.296 e. The Morgan fingerprint density at radius 1 is 1.21 bits per heavy atom. The Morgan fingerprint density at radius 3 is 2.67 bits per heavy atom. The number of hydrogen-bond donors (Lipinski definition) is 1. The zero-order valence-electron chi connectivity index (χ0n) is 16.8. The van der Waals surface area contributed by atoms with Gasteiger partial charge in [-0.15, -0.1) is 0 Å². The van der Waals surface area contributed by atoms with E-state index in [0.29, 0.717) is 27.1 Å². The Kier molecular flexibility index (Phi) is 5.02. The predicted octanol–water partition coefficient (Wildman–Crippen LogP) is 5.91. The van der Waals surface area contributed by atoms with Gasteiger partial charge in [0.15, 0.2) is 16.7 Å². The Labute approximate surface area is 194 Å². The summed E-state index contributed by atoms with van der Waals surface area (Å²) in [4.78, 5) is 31.8. The third kappa shape index (κ3) is 3.40. The highest BCUT2D eigenvalue weighted by Gasteiger charge is 2.47. The summed E-state index contributed by atoms with van der Waals surface area (Å²) in [5.74, 6) is -4.15. The lowest BCUT2D eigenvalue weighted by Crippen LogP contribution is -2.31. The predicted molar refractivity (Wildman–Crippen MR) is 119 cm³/mol. The van der Waals surface area contributed by atoms with Crippen molar-refractivity contribution in [2.75, 3.05) is 4.90 Å². The number of nitrogens with zero attached hydrogens (tertiary/aromatic N) is 2. The van der Waals surface area contributed by atoms with E-state index in [4.69, 9.17) is 16.0 Å². The van der Waals surface area contributed by atoms with Gasteiger partial charge in [-0.1, -0.05) is 35.1 Å². The first-order chi connectivity index (χ1) is 15.8. The van der Waals surface area contributed by atoms with Crippen LogP contribution in [0.1, 0.15) is 27.9 Å². The Balaban J connectivity index is 1.72. The number of thiazole rings is 1. The first-order valence-electron chi connectivity index (χ1n) is 9.64. The molecule has 1 atom stereocenters. The molecule has 0 spiro atoms. The van der Waals surface area contributed by atoms with Crippen LogP contribution in [0.4, 0.5) is 13.9 Å². The molecule has 0 radical (unpaired) electrons. The summed E-state index contributed by atoms with van der Waals surface area (Å²) in [5, 5.41) is 11.1. The van der Waals surface area contributed by atoms with Gasteiger partial charge in [-0.2, -0.15) is 0 Å². The normalized spacial score (nSPS) is 16.3. The average Bonchev–Trinajstić information content (AvgIpc) is 3.45. The number of aromatic nitrogens is 1. The molecule has 1 amide bonds. The molecular weight excluding hydrogens is 474 g/mol. The van der Waals surface area contributed by atoms with E-state index in [2.05, 4.69) is 4.98 Å². The van der Waals surface area contributed by atoms with Crippen molar-refractivity contribution < 1.29 is 27.9 Å². The van der Waals surface area contributed by atoms with Crippen molar-refractivity contribution >= 4 is 50.0 Å². The molecule has 166 valence electrons. The highest BCUT2D eigenvalue weighted by molar-refractivity contribution is 7.22. The molecule has 0 fully saturated rings. The van der Waals surface area contributed by atoms with Crippen LogP contribution in [0.2, 0.25) is 5.02 Å². The second-order valence-electron chi connectivity index (χ2n) is 7.33. The average molecular weight is 487 g/mol. The molecule has 6 nitrogen and oxygen atoms in total. The van der Waals surface area contributed by atoms with Crippen molar-refractivity contribution in [1.29, 1.82) is 0 Å². The summed E-state index contributed by atoms with van der Waals surface area (Å²) in [5.41, 5.74) is -0.179. The zero-order chi connectivity index (χ0) is 23.4. The standard InChI is InChI=1S/C23H13ClF2N2O4S/c1-10-5-8-15(32-10)20(29)17-19(12-7-6-11(25)9-14(12)26)28(22(31)21(17)30)23-27-18-13(24)3-2-4-16(18)33-23/h2-9,19,30H,1H3. The largest absolute Gasteiger partial charge is 0.503 e. The van der Waals surface area contributed by atoms with Gasteiger partial charge in [0.05, 0.1) is 15.3 Å². The quantitative estimate of drug-likeness (QED) is 0.362. The number of hydrogen-bond acceptors (Lipinski definition) is 6. The fourth-order valence-corrected chi connectivity index (χ4v) is 5.04. The molecule has 0 aliphatic carbocycles. The highest BCUT2D eigenvalue weighted by Crippen LogP contribution is 2.45. The number of aryl methyl sites for hydroxylation is 1. The van der Waals surface area contributed by atoms with E-state index >= 15 is 0 Å². The van der Waals surface area contributed by atoms with E-state index in [1.807, 2.05) is 0 Å². The monoisotopic (exact) mass is 486 g/mol. The number of benzene rings is 2. The van der Waals surface area contributed by atoms with Crippen LogP contribution < -0.4 is 4.90 Å². The third-order valence-electron chi connectivity index (χ3n) is 5.24. The number of carbonyl (C=O) groups excluding carboxylic acids is 2. The number of amides is 1. The molecule has 33 heavy (non-hydrogen) atoms. The number of aliphatic hydroxyl groups excluding tert-OH is 1. The summed E-state index contributed by atoms with van der Waals surface area (Å²) in [6.45, 7) is 1.62. The summed E-state index contributed by atoms with van der Waals surface area (Å²) in [6, 6.07) is 9.36. The number of carbonyl (C=O) groups is 2. The SMILES string of the molecule is Cc1ccc(C(=O)C2=C(O)C(=O)N(c3nc4c(Cl)cccc4s3)C2c2ccc(F)cc2F)o1. The topological polar surface area (TPSA) is 83.6 Å². The first kappa shape index (κ1) is 21.3. The van der Waals surface area contributed by atoms with E-state index in [-0.39, 0.29) is 16.5 Å². The molecule has 0 saturated carbocycles. The van der Waals surface area contributed by atoms with Crippen molar-refractivity contribution in [3.8, 4) is 0 Å². The van der Waals surface area contributed by atoms with Gasteiger partial charge >= 0.3 is 0 Å². The lowest BCUT2D eigenvalue weighted by molar-refractivity contribution is -0.117. The van der Waals surface area contributed by atoms with Crippen LogP contribution in [0, 0.1) is 18.6 Å². The van der Waals surface area contributed by atoms with E-state index in [0.717, 1.165) is 28.4 Å². The van der Waals surface area contributed by atoms with Crippen LogP contribution in [0.3, 0.4) is 0 Å². The van der Waals surface area contributed by atoms with E-state index < -0.39 is 40.7 Å². The van der Waals surface area contributed by atoms with E-state index in [1.165, 1.54) is 6.07 Å². The van der Waals surface area contributed by atoms with Gasteiger partial charge in [0.1, 0.15) is 29.0 Å². The molecule has 3 heterocycles. The number of rotatable bonds is 4. The minimum absolute atomic E-state index is 0.0850. The number of para-hydroxylation sites is 1. The molecular formula is C23H13ClF2N2O4S. The summed E-state index contributed by atoms with van der Waals surface area (Å²) < 4.78 is 34.5. The summed E-state index contributed by atoms with van der Waals surface area (Å²) >= 11 is 7.29. The van der Waals surface area contributed by atoms with Crippen molar-refractivity contribution in [3.05, 3.63) is 93.6 Å². The van der Waals surface area contributed by atoms with Crippen molar-refractivity contribution in [2.24, 2.45) is 0 Å². The van der Waals surface area contributed by atoms with Crippen LogP contribution in [-0.4, -0.2) is 21.8 Å². The number of anilines is 1. The number of halogens is 3. The number of fused-ring (bicyclic) bond motifs is 1. The molecule has 4 aromatic rings. The first-order valence-corrected chi connectivity index (χ1v) is 10.8. The van der Waals surface area contributed by atoms with Gasteiger partial charge in [0.25, 0.3) is 5.91 Å². The van der Waals surface area contributed by atoms with Gasteiger partial charge in [0.2, 0.25) is 5.78 Å². The summed E-state index contributed by atoms with van der Waals surface area (Å²) in [6.07, 6.45) is 0. The number of ketones is 1. The molecule has 5 rings (SSSR count). The minimum Gasteiger partial charge on any atom is -0.503 e. The Bertz CT molecular complexity index is 1490. The molecule has 1 aliphatic rings. The summed E-state index contributed by atoms with van der Waals surface area (Å²) in [7, 11) is 0. The lowest BCUT2D eigenvalue weighted by atomic mass is 9.95. The van der Waals surface area contributed by atoms with Gasteiger partial charge in [-0.05, 0) is 37.3 Å². The molecule has 2 aromatic heterocycles. The van der Waals surface area contributed by atoms with Crippen molar-refractivity contribution in [2.45, 2.75) is 13.0 Å². The number of aliphatic hydroxyl groups is 1. The highest BCUT2D eigenvalue weighted by atomic mass is 35.5. The van der Waals surface area contributed by atoms with Gasteiger partial charge < -0.3 is 9.52 Å². The molecule has 1 N–H and O–H groups in total. The molecule has 2 aromatic carbocycles. The van der Waals surface area contributed by atoms with Gasteiger partial charge in [-0.25, -0.2) is 13.8 Å². The van der Waals surface area contributed by atoms with Gasteiger partial charge in [-0.3, -0.25) is 14.5 Å². The molecule has 1 aliphatic heterocycles. The maximum atomic E-state index is 14.9. The zero-order valence-corrected chi connectivity index (χ0v) is 18.4. The molecule has 0 bridgehead atoms. The van der Waals surface area contributed by atoms with E-state index in [9.17, 15) is 23.5 Å². The smallest absolute Gasteiger partial charge is 0.296 e. The second-order valence-corrected chi connectivity index (χ2v) is 8.74. The van der Waals surface area contributed by atoms with Crippen LogP contribution in [0.5, 0.6) is 0 Å². The van der Waals surface area contributed by atoms with E-state index in [1.54, 1.807) is 31.2 Å². The van der Waals surface area contributed by atoms with Gasteiger partial charge in [0, 0.05) is 11.6 Å². The molecule has 0 saturated heterocycles. The van der Waals surface area contributed by atoms with Crippen LogP contribution in [0.15, 0.2) is 64.3 Å². The van der Waals surface area contributed by atoms with Crippen LogP contribution in [0.25, 0.3) is 10.2 Å². The maximum absolute atomic E-state index is 14.9. The lowest BCUT2D eigenvalue weighted by Gasteiger charge is -2.24. The van der Waals surface area contributed by atoms with Crippen LogP contribution >= 0.6 is 22.9 Å². The third-order valence-corrected chi connectivity index (χ3v) is 6.56. The number of Topliss-reactive ketones (excluding diaryl/α,β-unsaturated/α-hetero) is 1. The fourth-order valence-electron chi connectivity index (χ4n) is 3.75. The second kappa shape index (κ2) is 7.79. The molecule has 1 unspecified atom stereocenters. The van der Waals surface area contributed by atoms with Crippen molar-refractivity contribution in [1.82, 2.24) is 4.98 Å². The Hall–Kier alpha value is -3.56. The Morgan fingerprint density at radius 2 is 2.00 bits per heavy atom. The number of furan rings is 1. The fraction of sp³-hybridized carbons (Fsp3) is 0.0870. The van der Waals surface area contributed by atoms with Crippen LogP contribution in [-0.2, 0) is 4.79 Å². The minimum atomic E-state index is -1.41. The molecule has 10 heteroatoms. The van der Waals surface area contributed by atoms with Crippen molar-refractivity contribution in [3.63, 3.8) is 0 Å².